The lowest BCUT2D eigenvalue weighted by atomic mass is 10.1. The molecule has 2 fully saturated rings. The van der Waals surface area contributed by atoms with Crippen LogP contribution in [-0.2, 0) is 23.8 Å². The van der Waals surface area contributed by atoms with Crippen LogP contribution in [0.1, 0.15) is 55.4 Å². The van der Waals surface area contributed by atoms with Crippen LogP contribution in [0, 0.1) is 0 Å². The maximum atomic E-state index is 12.6. The Bertz CT molecular complexity index is 659. The fourth-order valence-corrected chi connectivity index (χ4v) is 4.84. The van der Waals surface area contributed by atoms with Gasteiger partial charge in [0.1, 0.15) is 22.4 Å². The van der Waals surface area contributed by atoms with Gasteiger partial charge in [-0.3, -0.25) is 9.59 Å². The van der Waals surface area contributed by atoms with Crippen LogP contribution in [0.4, 0.5) is 0 Å². The highest BCUT2D eigenvalue weighted by Crippen LogP contribution is 2.40. The molecule has 2 aliphatic rings. The van der Waals surface area contributed by atoms with E-state index in [9.17, 15) is 9.59 Å². The second-order valence-electron chi connectivity index (χ2n) is 10.4. The van der Waals surface area contributed by atoms with Crippen LogP contribution in [0.2, 0.25) is 0 Å². The van der Waals surface area contributed by atoms with E-state index >= 15 is 0 Å². The molecule has 0 N–H and O–H groups in total. The number of amides is 2. The summed E-state index contributed by atoms with van der Waals surface area (Å²) in [6, 6.07) is 0. The van der Waals surface area contributed by atoms with Crippen molar-refractivity contribution in [2.75, 3.05) is 52.7 Å². The minimum atomic E-state index is -0.744. The molecule has 33 heavy (non-hydrogen) atoms. The van der Waals surface area contributed by atoms with Crippen LogP contribution in [-0.4, -0.2) is 106 Å². The van der Waals surface area contributed by atoms with E-state index in [1.165, 1.54) is 0 Å². The molecule has 0 aromatic heterocycles. The molecule has 0 aromatic carbocycles. The van der Waals surface area contributed by atoms with Gasteiger partial charge in [0, 0.05) is 13.1 Å². The maximum absolute atomic E-state index is 12.6. The van der Waals surface area contributed by atoms with Crippen LogP contribution >= 0.6 is 23.6 Å². The van der Waals surface area contributed by atoms with Gasteiger partial charge in [0.05, 0.1) is 39.6 Å². The van der Waals surface area contributed by atoms with Crippen LogP contribution in [0.3, 0.4) is 0 Å². The number of halogens is 2. The lowest BCUT2D eigenvalue weighted by Gasteiger charge is -2.35. The molecule has 2 rings (SSSR count). The van der Waals surface area contributed by atoms with E-state index in [0.29, 0.717) is 52.7 Å². The predicted octanol–water partition coefficient (Wildman–Crippen LogP) is 2.66. The normalized spacial score (nSPS) is 24.3. The van der Waals surface area contributed by atoms with Gasteiger partial charge in [-0.25, -0.2) is 0 Å². The average molecular weight is 511 g/mol. The molecule has 0 radical (unpaired) electrons. The summed E-state index contributed by atoms with van der Waals surface area (Å²) in [5.41, 5.74) is -2.64. The number of carbonyl (C=O) groups excluding carboxylic acids is 2. The standard InChI is InChI=1S/C22H40Cl2N4O5/c1-19(2)17(29)25(21(5,6)27(19)23)9-11-31-13-15-33-16-14-32-12-10-26-18(30)20(3,4)28(24)22(26,7)8/h9-16H2,1-8H3. The third-order valence-electron chi connectivity index (χ3n) is 6.46. The van der Waals surface area contributed by atoms with Crippen molar-refractivity contribution in [2.45, 2.75) is 77.8 Å². The zero-order chi connectivity index (χ0) is 25.2. The number of nitrogens with zero attached hydrogens (tertiary/aromatic N) is 4. The molecule has 0 atom stereocenters. The summed E-state index contributed by atoms with van der Waals surface area (Å²) in [5.74, 6) is -0.0262. The maximum Gasteiger partial charge on any atom is 0.245 e. The van der Waals surface area contributed by atoms with Gasteiger partial charge in [0.15, 0.2) is 0 Å². The molecule has 0 bridgehead atoms. The molecule has 0 saturated carbocycles. The van der Waals surface area contributed by atoms with Crippen molar-refractivity contribution in [1.82, 2.24) is 18.6 Å². The second kappa shape index (κ2) is 10.5. The fraction of sp³-hybridized carbons (Fsp3) is 0.909. The van der Waals surface area contributed by atoms with Crippen molar-refractivity contribution < 1.29 is 23.8 Å². The van der Waals surface area contributed by atoms with Gasteiger partial charge in [-0.2, -0.15) is 8.84 Å². The number of rotatable bonds is 12. The van der Waals surface area contributed by atoms with Gasteiger partial charge >= 0.3 is 0 Å². The molecule has 0 unspecified atom stereocenters. The fourth-order valence-electron chi connectivity index (χ4n) is 4.51. The lowest BCUT2D eigenvalue weighted by Crippen LogP contribution is -2.47. The summed E-state index contributed by atoms with van der Waals surface area (Å²) in [6.45, 7) is 18.4. The van der Waals surface area contributed by atoms with Crippen LogP contribution < -0.4 is 0 Å². The predicted molar refractivity (Wildman–Crippen MR) is 128 cm³/mol. The molecule has 0 spiro atoms. The summed E-state index contributed by atoms with van der Waals surface area (Å²) < 4.78 is 19.9. The number of hydrogen-bond donors (Lipinski definition) is 0. The van der Waals surface area contributed by atoms with Crippen molar-refractivity contribution in [3.8, 4) is 0 Å². The van der Waals surface area contributed by atoms with Crippen molar-refractivity contribution in [2.24, 2.45) is 0 Å². The molecule has 9 nitrogen and oxygen atoms in total. The third kappa shape index (κ3) is 5.60. The Hall–Kier alpha value is -0.680. The molecule has 0 aliphatic carbocycles. The van der Waals surface area contributed by atoms with Crippen LogP contribution in [0.15, 0.2) is 0 Å². The van der Waals surface area contributed by atoms with Gasteiger partial charge in [-0.05, 0) is 78.9 Å². The summed E-state index contributed by atoms with van der Waals surface area (Å²) in [4.78, 5) is 28.7. The lowest BCUT2D eigenvalue weighted by molar-refractivity contribution is -0.135. The quantitative estimate of drug-likeness (QED) is 0.295. The van der Waals surface area contributed by atoms with E-state index in [-0.39, 0.29) is 11.8 Å². The summed E-state index contributed by atoms with van der Waals surface area (Å²) in [5, 5.41) is 0. The largest absolute Gasteiger partial charge is 0.377 e. The highest BCUT2D eigenvalue weighted by Gasteiger charge is 2.56. The molecule has 11 heteroatoms. The van der Waals surface area contributed by atoms with E-state index < -0.39 is 22.4 Å². The monoisotopic (exact) mass is 510 g/mol. The smallest absolute Gasteiger partial charge is 0.245 e. The highest BCUT2D eigenvalue weighted by atomic mass is 35.5. The third-order valence-corrected chi connectivity index (χ3v) is 8.14. The molecule has 2 saturated heterocycles. The van der Waals surface area contributed by atoms with E-state index in [1.807, 2.05) is 55.4 Å². The van der Waals surface area contributed by atoms with Gasteiger partial charge in [-0.1, -0.05) is 0 Å². The first-order valence-electron chi connectivity index (χ1n) is 11.4. The first-order chi connectivity index (χ1) is 15.1. The number of hydrogen-bond acceptors (Lipinski definition) is 7. The average Bonchev–Trinajstić information content (AvgIpc) is 2.92. The Morgan fingerprint density at radius 2 is 0.848 bits per heavy atom. The van der Waals surface area contributed by atoms with Gasteiger partial charge in [-0.15, -0.1) is 0 Å². The number of carbonyl (C=O) groups is 2. The van der Waals surface area contributed by atoms with E-state index in [4.69, 9.17) is 37.8 Å². The molecule has 0 aromatic rings. The number of ether oxygens (including phenoxy) is 3. The second-order valence-corrected chi connectivity index (χ2v) is 11.1. The highest BCUT2D eigenvalue weighted by molar-refractivity contribution is 6.17. The first-order valence-corrected chi connectivity index (χ1v) is 12.1. The Labute approximate surface area is 208 Å². The zero-order valence-electron chi connectivity index (χ0n) is 21.2. The summed E-state index contributed by atoms with van der Waals surface area (Å²) >= 11 is 12.7. The molecular weight excluding hydrogens is 471 g/mol. The van der Waals surface area contributed by atoms with Crippen molar-refractivity contribution >= 4 is 35.4 Å². The van der Waals surface area contributed by atoms with Crippen molar-refractivity contribution in [3.05, 3.63) is 0 Å². The van der Waals surface area contributed by atoms with Crippen molar-refractivity contribution in [1.29, 1.82) is 0 Å². The minimum Gasteiger partial charge on any atom is -0.377 e. The Kier molecular flexibility index (Phi) is 9.10. The molecule has 2 heterocycles. The summed E-state index contributed by atoms with van der Waals surface area (Å²) in [7, 11) is 0. The van der Waals surface area contributed by atoms with E-state index in [1.54, 1.807) is 18.6 Å². The van der Waals surface area contributed by atoms with E-state index in [0.717, 1.165) is 0 Å². The Balaban J connectivity index is 1.55. The van der Waals surface area contributed by atoms with Crippen LogP contribution in [0.25, 0.3) is 0 Å². The SMILES string of the molecule is CC1(C)C(=O)N(CCOCCOCCOCCN2C(=O)C(C)(C)N(Cl)C2(C)C)C(C)(C)N1Cl. The van der Waals surface area contributed by atoms with Gasteiger partial charge < -0.3 is 24.0 Å². The van der Waals surface area contributed by atoms with Gasteiger partial charge in [0.2, 0.25) is 11.8 Å². The van der Waals surface area contributed by atoms with E-state index in [2.05, 4.69) is 0 Å². The minimum absolute atomic E-state index is 0.0131. The molecule has 2 amide bonds. The Morgan fingerprint density at radius 1 is 0.576 bits per heavy atom. The summed E-state index contributed by atoms with van der Waals surface area (Å²) in [6.07, 6.45) is 0. The van der Waals surface area contributed by atoms with Gasteiger partial charge in [0.25, 0.3) is 0 Å². The Morgan fingerprint density at radius 3 is 1.09 bits per heavy atom. The van der Waals surface area contributed by atoms with Crippen molar-refractivity contribution in [3.63, 3.8) is 0 Å². The zero-order valence-corrected chi connectivity index (χ0v) is 22.8. The molecule has 2 aliphatic heterocycles. The van der Waals surface area contributed by atoms with Crippen LogP contribution in [0.5, 0.6) is 0 Å². The topological polar surface area (TPSA) is 74.8 Å². The first kappa shape index (κ1) is 28.6. The molecular formula is C22H40Cl2N4O5. The molecule has 192 valence electrons.